The maximum absolute atomic E-state index is 12.8. The lowest BCUT2D eigenvalue weighted by molar-refractivity contribution is -0.141. The third-order valence-electron chi connectivity index (χ3n) is 5.41. The van der Waals surface area contributed by atoms with Crippen LogP contribution in [0.25, 0.3) is 0 Å². The summed E-state index contributed by atoms with van der Waals surface area (Å²) >= 11 is 0. The number of aliphatic imine (C=N–C) groups is 1. The molecular formula is C18H25BN2O5. The van der Waals surface area contributed by atoms with E-state index in [2.05, 4.69) is 4.99 Å². The molecule has 0 radical (unpaired) electrons. The second-order valence-electron chi connectivity index (χ2n) is 7.77. The van der Waals surface area contributed by atoms with Gasteiger partial charge in [-0.25, -0.2) is 4.79 Å². The third kappa shape index (κ3) is 3.01. The summed E-state index contributed by atoms with van der Waals surface area (Å²) in [5.74, 6) is -1.48. The van der Waals surface area contributed by atoms with Crippen molar-refractivity contribution in [2.75, 3.05) is 13.7 Å². The molecule has 0 aliphatic carbocycles. The highest BCUT2D eigenvalue weighted by molar-refractivity contribution is 6.60. The van der Waals surface area contributed by atoms with Crippen molar-refractivity contribution in [1.29, 1.82) is 0 Å². The van der Waals surface area contributed by atoms with Crippen molar-refractivity contribution in [2.45, 2.75) is 52.0 Å². The van der Waals surface area contributed by atoms with Gasteiger partial charge in [-0.05, 0) is 40.1 Å². The number of dihydropyridines is 1. The Hall–Kier alpha value is -1.93. The summed E-state index contributed by atoms with van der Waals surface area (Å²) in [7, 11) is 1.19. The molecule has 1 saturated heterocycles. The van der Waals surface area contributed by atoms with Gasteiger partial charge in [-0.1, -0.05) is 6.08 Å². The van der Waals surface area contributed by atoms with Gasteiger partial charge in [0.05, 0.1) is 23.7 Å². The first kappa shape index (κ1) is 18.9. The molecular weight excluding hydrogens is 335 g/mol. The Morgan fingerprint density at radius 3 is 2.50 bits per heavy atom. The molecule has 26 heavy (non-hydrogen) atoms. The fourth-order valence-corrected chi connectivity index (χ4v) is 3.17. The van der Waals surface area contributed by atoms with E-state index in [0.29, 0.717) is 5.47 Å². The Balaban J connectivity index is 1.87. The minimum absolute atomic E-state index is 0.0391. The molecule has 0 bridgehead atoms. The molecule has 3 aliphatic heterocycles. The molecule has 7 nitrogen and oxygen atoms in total. The average molecular weight is 360 g/mol. The van der Waals surface area contributed by atoms with E-state index in [1.807, 2.05) is 27.7 Å². The highest BCUT2D eigenvalue weighted by Crippen LogP contribution is 2.39. The molecule has 0 amide bonds. The lowest BCUT2D eigenvalue weighted by Gasteiger charge is -2.35. The van der Waals surface area contributed by atoms with Crippen LogP contribution in [-0.4, -0.2) is 61.0 Å². The van der Waals surface area contributed by atoms with E-state index in [1.54, 1.807) is 31.2 Å². The van der Waals surface area contributed by atoms with E-state index in [1.165, 1.54) is 6.20 Å². The fraction of sp³-hybridized carbons (Fsp3) is 0.611. The van der Waals surface area contributed by atoms with Crippen molar-refractivity contribution in [2.24, 2.45) is 10.9 Å². The molecule has 0 aromatic carbocycles. The van der Waals surface area contributed by atoms with Crippen LogP contribution in [0.3, 0.4) is 0 Å². The number of carbonyl (C=O) groups is 2. The summed E-state index contributed by atoms with van der Waals surface area (Å²) in [5.41, 5.74) is -0.229. The van der Waals surface area contributed by atoms with Crippen molar-refractivity contribution in [3.8, 4) is 0 Å². The van der Waals surface area contributed by atoms with Gasteiger partial charge in [0, 0.05) is 19.5 Å². The highest BCUT2D eigenvalue weighted by Gasteiger charge is 2.53. The Morgan fingerprint density at radius 1 is 1.31 bits per heavy atom. The van der Waals surface area contributed by atoms with Gasteiger partial charge in [0.2, 0.25) is 0 Å². The minimum atomic E-state index is -0.608. The first-order chi connectivity index (χ1) is 12.1. The van der Waals surface area contributed by atoms with Crippen molar-refractivity contribution in [3.63, 3.8) is 0 Å². The summed E-state index contributed by atoms with van der Waals surface area (Å²) in [6, 6.07) is 0. The molecule has 3 rings (SSSR count). The van der Waals surface area contributed by atoms with Gasteiger partial charge < -0.3 is 18.9 Å². The minimum Gasteiger partial charge on any atom is -0.462 e. The van der Waals surface area contributed by atoms with Crippen LogP contribution in [0.1, 0.15) is 34.6 Å². The summed E-state index contributed by atoms with van der Waals surface area (Å²) in [6.07, 6.45) is 4.61. The molecule has 8 heteroatoms. The van der Waals surface area contributed by atoms with Crippen molar-refractivity contribution in [3.05, 3.63) is 23.3 Å². The van der Waals surface area contributed by atoms with Gasteiger partial charge in [-0.3, -0.25) is 9.79 Å². The zero-order valence-corrected chi connectivity index (χ0v) is 16.1. The smallest absolute Gasteiger partial charge is 0.462 e. The highest BCUT2D eigenvalue weighted by atomic mass is 16.7. The Labute approximate surface area is 154 Å². The van der Waals surface area contributed by atoms with Gasteiger partial charge in [-0.2, -0.15) is 0 Å². The van der Waals surface area contributed by atoms with E-state index < -0.39 is 30.2 Å². The number of nitrogens with zero attached hydrogens (tertiary/aromatic N) is 2. The van der Waals surface area contributed by atoms with Gasteiger partial charge in [0.1, 0.15) is 11.7 Å². The average Bonchev–Trinajstić information content (AvgIpc) is 2.78. The summed E-state index contributed by atoms with van der Waals surface area (Å²) in [4.78, 5) is 31.2. The molecule has 0 spiro atoms. The fourth-order valence-electron chi connectivity index (χ4n) is 3.17. The molecule has 1 fully saturated rings. The molecule has 0 N–H and O–H groups in total. The number of hydrogen-bond donors (Lipinski definition) is 0. The van der Waals surface area contributed by atoms with Crippen molar-refractivity contribution in [1.82, 2.24) is 4.90 Å². The number of ether oxygens (including phenoxy) is 1. The van der Waals surface area contributed by atoms with Crippen LogP contribution in [-0.2, 0) is 23.6 Å². The van der Waals surface area contributed by atoms with Crippen molar-refractivity contribution >= 4 is 25.1 Å². The topological polar surface area (TPSA) is 77.4 Å². The van der Waals surface area contributed by atoms with Crippen molar-refractivity contribution < 1.29 is 23.6 Å². The number of rotatable bonds is 3. The summed E-state index contributed by atoms with van der Waals surface area (Å²) in [5, 5.41) is 0. The molecule has 0 aromatic heterocycles. The zero-order chi connectivity index (χ0) is 19.3. The number of ketones is 1. The monoisotopic (exact) mass is 360 g/mol. The second-order valence-corrected chi connectivity index (χ2v) is 7.77. The first-order valence-corrected chi connectivity index (χ1v) is 8.83. The van der Waals surface area contributed by atoms with Crippen LogP contribution >= 0.6 is 0 Å². The quantitative estimate of drug-likeness (QED) is 0.432. The third-order valence-corrected chi connectivity index (χ3v) is 5.41. The molecule has 0 saturated carbocycles. The van der Waals surface area contributed by atoms with E-state index >= 15 is 0 Å². The predicted octanol–water partition coefficient (Wildman–Crippen LogP) is 1.53. The lowest BCUT2D eigenvalue weighted by Crippen LogP contribution is -2.45. The second kappa shape index (κ2) is 6.35. The number of Topliss-reactive ketones (excluding diaryl/α,β-unsaturated/α-hetero) is 1. The normalized spacial score (nSPS) is 29.2. The molecule has 2 unspecified atom stereocenters. The lowest BCUT2D eigenvalue weighted by atomic mass is 9.74. The number of fused-ring (bicyclic) bond motifs is 1. The van der Waals surface area contributed by atoms with Crippen LogP contribution in [0.15, 0.2) is 28.3 Å². The number of allylic oxidation sites excluding steroid dienone is 1. The van der Waals surface area contributed by atoms with Crippen LogP contribution in [0, 0.1) is 5.92 Å². The standard InChI is InChI=1S/C18H25BN2O5/c1-7-24-16(23)13-10-21(6)15-12(14(13)22)8-11(9-20-15)19-25-17(2,3)18(4,5)26-19/h8-10,12,15H,7H2,1-6H3. The largest absolute Gasteiger partial charge is 0.496 e. The molecule has 0 aromatic rings. The molecule has 2 atom stereocenters. The van der Waals surface area contributed by atoms with Gasteiger partial charge in [0.25, 0.3) is 0 Å². The summed E-state index contributed by atoms with van der Waals surface area (Å²) < 4.78 is 17.1. The molecule has 3 aliphatic rings. The predicted molar refractivity (Wildman–Crippen MR) is 97.4 cm³/mol. The molecule has 140 valence electrons. The van der Waals surface area contributed by atoms with Crippen LogP contribution < -0.4 is 0 Å². The van der Waals surface area contributed by atoms with E-state index in [-0.39, 0.29) is 24.1 Å². The number of esters is 1. The van der Waals surface area contributed by atoms with Crippen LogP contribution in [0.5, 0.6) is 0 Å². The first-order valence-electron chi connectivity index (χ1n) is 8.83. The maximum Gasteiger partial charge on any atom is 0.496 e. The molecule has 3 heterocycles. The number of carbonyl (C=O) groups excluding carboxylic acids is 2. The maximum atomic E-state index is 12.8. The van der Waals surface area contributed by atoms with Crippen LogP contribution in [0.4, 0.5) is 0 Å². The van der Waals surface area contributed by atoms with Gasteiger partial charge in [0.15, 0.2) is 5.78 Å². The van der Waals surface area contributed by atoms with Crippen LogP contribution in [0.2, 0.25) is 0 Å². The van der Waals surface area contributed by atoms with E-state index in [4.69, 9.17) is 14.0 Å². The van der Waals surface area contributed by atoms with Gasteiger partial charge >= 0.3 is 13.1 Å². The Bertz CT molecular complexity index is 709. The van der Waals surface area contributed by atoms with Gasteiger partial charge in [-0.15, -0.1) is 0 Å². The SMILES string of the molecule is CCOC(=O)C1=CN(C)C2N=CC(B3OC(C)(C)C(C)(C)O3)=CC2C1=O. The zero-order valence-electron chi connectivity index (χ0n) is 16.1. The van der Waals surface area contributed by atoms with E-state index in [0.717, 1.165) is 0 Å². The van der Waals surface area contributed by atoms with E-state index in [9.17, 15) is 9.59 Å². The number of hydrogen-bond acceptors (Lipinski definition) is 7. The Kier molecular flexibility index (Phi) is 4.61. The summed E-state index contributed by atoms with van der Waals surface area (Å²) in [6.45, 7) is 9.80. The Morgan fingerprint density at radius 2 is 1.92 bits per heavy atom.